The second-order valence-corrected chi connectivity index (χ2v) is 6.72. The van der Waals surface area contributed by atoms with Crippen LogP contribution in [0.3, 0.4) is 0 Å². The summed E-state index contributed by atoms with van der Waals surface area (Å²) >= 11 is 0. The summed E-state index contributed by atoms with van der Waals surface area (Å²) < 4.78 is 0. The maximum atomic E-state index is 12.0. The van der Waals surface area contributed by atoms with E-state index in [0.717, 1.165) is 32.1 Å². The molecule has 0 aromatic carbocycles. The van der Waals surface area contributed by atoms with Gasteiger partial charge in [0.2, 0.25) is 5.91 Å². The Kier molecular flexibility index (Phi) is 6.46. The number of carboxylic acid groups (broad SMARTS) is 1. The highest BCUT2D eigenvalue weighted by Gasteiger charge is 2.25. The van der Waals surface area contributed by atoms with Gasteiger partial charge in [-0.1, -0.05) is 20.3 Å². The van der Waals surface area contributed by atoms with Crippen LogP contribution in [-0.2, 0) is 9.59 Å². The zero-order chi connectivity index (χ0) is 15.2. The lowest BCUT2D eigenvalue weighted by Gasteiger charge is -2.27. The van der Waals surface area contributed by atoms with E-state index in [0.29, 0.717) is 13.0 Å². The van der Waals surface area contributed by atoms with Crippen LogP contribution in [0.15, 0.2) is 0 Å². The maximum Gasteiger partial charge on any atom is 0.303 e. The molecule has 4 N–H and O–H groups in total. The number of nitrogens with one attached hydrogen (secondary N) is 1. The van der Waals surface area contributed by atoms with E-state index in [-0.39, 0.29) is 29.7 Å². The molecule has 1 saturated carbocycles. The topological polar surface area (TPSA) is 92.4 Å². The van der Waals surface area contributed by atoms with Crippen molar-refractivity contribution in [2.75, 3.05) is 6.54 Å². The Labute approximate surface area is 121 Å². The fraction of sp³-hybridized carbons (Fsp3) is 0.867. The predicted molar refractivity (Wildman–Crippen MR) is 78.2 cm³/mol. The summed E-state index contributed by atoms with van der Waals surface area (Å²) in [6.07, 6.45) is 5.38. The van der Waals surface area contributed by atoms with Gasteiger partial charge < -0.3 is 16.2 Å². The first kappa shape index (κ1) is 17.0. The van der Waals surface area contributed by atoms with Crippen molar-refractivity contribution in [3.63, 3.8) is 0 Å². The van der Waals surface area contributed by atoms with Gasteiger partial charge in [0, 0.05) is 24.9 Å². The van der Waals surface area contributed by atoms with Crippen LogP contribution < -0.4 is 11.1 Å². The first-order chi connectivity index (χ1) is 9.30. The van der Waals surface area contributed by atoms with Crippen molar-refractivity contribution in [3.05, 3.63) is 0 Å². The number of hydrogen-bond donors (Lipinski definition) is 3. The first-order valence-corrected chi connectivity index (χ1v) is 7.55. The lowest BCUT2D eigenvalue weighted by Crippen LogP contribution is -2.38. The molecular weight excluding hydrogens is 256 g/mol. The molecule has 0 aromatic heterocycles. The predicted octanol–water partition coefficient (Wildman–Crippen LogP) is 1.90. The van der Waals surface area contributed by atoms with Crippen LogP contribution in [0.1, 0.15) is 58.8 Å². The summed E-state index contributed by atoms with van der Waals surface area (Å²) in [6, 6.07) is 0.159. The number of hydrogen-bond acceptors (Lipinski definition) is 3. The lowest BCUT2D eigenvalue weighted by atomic mass is 9.83. The molecule has 0 spiro atoms. The Morgan fingerprint density at radius 1 is 1.30 bits per heavy atom. The summed E-state index contributed by atoms with van der Waals surface area (Å²) in [7, 11) is 0. The second-order valence-electron chi connectivity index (χ2n) is 6.72. The summed E-state index contributed by atoms with van der Waals surface area (Å²) in [5.41, 5.74) is 5.83. The van der Waals surface area contributed by atoms with Crippen LogP contribution in [0.2, 0.25) is 0 Å². The summed E-state index contributed by atoms with van der Waals surface area (Å²) in [4.78, 5) is 22.6. The van der Waals surface area contributed by atoms with Gasteiger partial charge in [-0.25, -0.2) is 0 Å². The molecule has 1 aliphatic rings. The molecule has 5 heteroatoms. The van der Waals surface area contributed by atoms with Crippen LogP contribution in [0.4, 0.5) is 0 Å². The summed E-state index contributed by atoms with van der Waals surface area (Å²) in [5.74, 6) is -0.603. The van der Waals surface area contributed by atoms with Gasteiger partial charge in [0.1, 0.15) is 0 Å². The number of nitrogens with two attached hydrogens (primary N) is 1. The lowest BCUT2D eigenvalue weighted by molar-refractivity contribution is -0.137. The van der Waals surface area contributed by atoms with E-state index in [1.54, 1.807) is 0 Å². The van der Waals surface area contributed by atoms with E-state index in [4.69, 9.17) is 10.8 Å². The van der Waals surface area contributed by atoms with Crippen molar-refractivity contribution < 1.29 is 14.7 Å². The average Bonchev–Trinajstić information content (AvgIpc) is 2.36. The number of carbonyl (C=O) groups excluding carboxylic acids is 1. The monoisotopic (exact) mass is 284 g/mol. The van der Waals surface area contributed by atoms with E-state index in [1.165, 1.54) is 0 Å². The quantitative estimate of drug-likeness (QED) is 0.665. The van der Waals surface area contributed by atoms with Crippen molar-refractivity contribution in [3.8, 4) is 0 Å². The van der Waals surface area contributed by atoms with E-state index in [2.05, 4.69) is 5.32 Å². The Bertz CT molecular complexity index is 342. The Morgan fingerprint density at radius 2 is 2.00 bits per heavy atom. The molecule has 1 aliphatic carbocycles. The molecule has 2 unspecified atom stereocenters. The number of carbonyl (C=O) groups is 2. The molecule has 0 radical (unpaired) electrons. The minimum atomic E-state index is -0.765. The highest BCUT2D eigenvalue weighted by molar-refractivity contribution is 5.78. The van der Waals surface area contributed by atoms with Crippen molar-refractivity contribution in [1.29, 1.82) is 0 Å². The largest absolute Gasteiger partial charge is 0.481 e. The minimum Gasteiger partial charge on any atom is -0.481 e. The van der Waals surface area contributed by atoms with E-state index < -0.39 is 5.97 Å². The highest BCUT2D eigenvalue weighted by Crippen LogP contribution is 2.26. The van der Waals surface area contributed by atoms with Crippen LogP contribution in [0.25, 0.3) is 0 Å². The number of rotatable bonds is 7. The molecule has 1 amide bonds. The van der Waals surface area contributed by atoms with Crippen molar-refractivity contribution >= 4 is 11.9 Å². The molecule has 2 atom stereocenters. The Morgan fingerprint density at radius 3 is 2.60 bits per heavy atom. The Balaban J connectivity index is 2.25. The van der Waals surface area contributed by atoms with Crippen molar-refractivity contribution in [1.82, 2.24) is 5.32 Å². The second kappa shape index (κ2) is 7.62. The van der Waals surface area contributed by atoms with E-state index >= 15 is 0 Å². The van der Waals surface area contributed by atoms with E-state index in [9.17, 15) is 9.59 Å². The van der Waals surface area contributed by atoms with Gasteiger partial charge >= 0.3 is 5.97 Å². The maximum absolute atomic E-state index is 12.0. The molecule has 116 valence electrons. The molecule has 0 aromatic rings. The number of carboxylic acids is 1. The van der Waals surface area contributed by atoms with Crippen LogP contribution in [0, 0.1) is 11.3 Å². The normalized spacial score (nSPS) is 23.4. The molecule has 20 heavy (non-hydrogen) atoms. The summed E-state index contributed by atoms with van der Waals surface area (Å²) in [6.45, 7) is 4.69. The Hall–Kier alpha value is -1.10. The van der Waals surface area contributed by atoms with Gasteiger partial charge in [0.15, 0.2) is 0 Å². The van der Waals surface area contributed by atoms with Crippen LogP contribution >= 0.6 is 0 Å². The fourth-order valence-corrected chi connectivity index (χ4v) is 2.70. The van der Waals surface area contributed by atoms with Crippen LogP contribution in [0.5, 0.6) is 0 Å². The minimum absolute atomic E-state index is 0.0564. The average molecular weight is 284 g/mol. The third-order valence-corrected chi connectivity index (χ3v) is 4.20. The molecular formula is C15H28N2O3. The molecule has 1 rings (SSSR count). The number of aliphatic carboxylic acids is 1. The SMILES string of the molecule is CC(C)(CCNC(=O)C1CCCC(N)C1)CCC(=O)O. The van der Waals surface area contributed by atoms with Gasteiger partial charge in [-0.2, -0.15) is 0 Å². The molecule has 0 aliphatic heterocycles. The molecule has 1 fully saturated rings. The standard InChI is InChI=1S/C15H28N2O3/c1-15(2,7-6-13(18)19)8-9-17-14(20)11-4-3-5-12(16)10-11/h11-12H,3-10,16H2,1-2H3,(H,17,20)(H,18,19). The van der Waals surface area contributed by atoms with Crippen molar-refractivity contribution in [2.24, 2.45) is 17.1 Å². The smallest absolute Gasteiger partial charge is 0.303 e. The van der Waals surface area contributed by atoms with Crippen molar-refractivity contribution in [2.45, 2.75) is 64.8 Å². The molecule has 0 heterocycles. The van der Waals surface area contributed by atoms with Gasteiger partial charge in [0.25, 0.3) is 0 Å². The van der Waals surface area contributed by atoms with E-state index in [1.807, 2.05) is 13.8 Å². The third-order valence-electron chi connectivity index (χ3n) is 4.20. The van der Waals surface area contributed by atoms with Gasteiger partial charge in [-0.3, -0.25) is 9.59 Å². The van der Waals surface area contributed by atoms with Gasteiger partial charge in [0.05, 0.1) is 0 Å². The zero-order valence-corrected chi connectivity index (χ0v) is 12.7. The van der Waals surface area contributed by atoms with Crippen LogP contribution in [-0.4, -0.2) is 29.6 Å². The molecule has 0 saturated heterocycles. The van der Waals surface area contributed by atoms with Gasteiger partial charge in [-0.15, -0.1) is 0 Å². The zero-order valence-electron chi connectivity index (χ0n) is 12.7. The third kappa shape index (κ3) is 6.37. The fourth-order valence-electron chi connectivity index (χ4n) is 2.70. The number of amides is 1. The van der Waals surface area contributed by atoms with Gasteiger partial charge in [-0.05, 0) is 37.5 Å². The first-order valence-electron chi connectivity index (χ1n) is 7.55. The molecule has 0 bridgehead atoms. The highest BCUT2D eigenvalue weighted by atomic mass is 16.4. The summed E-state index contributed by atoms with van der Waals surface area (Å²) in [5, 5.41) is 11.7. The molecule has 5 nitrogen and oxygen atoms in total.